The van der Waals surface area contributed by atoms with Crippen LogP contribution in [0, 0.1) is 0 Å². The van der Waals surface area contributed by atoms with Gasteiger partial charge >= 0.3 is 0 Å². The van der Waals surface area contributed by atoms with Crippen molar-refractivity contribution >= 4 is 10.8 Å². The first-order valence-corrected chi connectivity index (χ1v) is 7.18. The van der Waals surface area contributed by atoms with Crippen LogP contribution in [-0.2, 0) is 6.54 Å². The first kappa shape index (κ1) is 13.9. The fourth-order valence-electron chi connectivity index (χ4n) is 2.44. The number of phenolic OH excluding ortho intramolecular Hbond substituents is 1. The zero-order valence-corrected chi connectivity index (χ0v) is 11.9. The molecule has 0 atom stereocenters. The summed E-state index contributed by atoms with van der Waals surface area (Å²) in [6, 6.07) is 12.1. The average Bonchev–Trinajstić information content (AvgIpc) is 2.45. The topological polar surface area (TPSA) is 23.5 Å². The van der Waals surface area contributed by atoms with E-state index in [1.165, 1.54) is 18.2 Å². The molecule has 0 amide bonds. The van der Waals surface area contributed by atoms with Crippen LogP contribution in [0.25, 0.3) is 10.8 Å². The minimum absolute atomic E-state index is 0.411. The molecule has 0 heterocycles. The minimum Gasteiger partial charge on any atom is -0.508 e. The lowest BCUT2D eigenvalue weighted by molar-refractivity contribution is 0.272. The predicted molar refractivity (Wildman–Crippen MR) is 81.5 cm³/mol. The number of nitrogens with zero attached hydrogens (tertiary/aromatic N) is 1. The van der Waals surface area contributed by atoms with Crippen LogP contribution < -0.4 is 0 Å². The fraction of sp³-hybridized carbons (Fsp3) is 0.412. The van der Waals surface area contributed by atoms with Crippen LogP contribution in [0.5, 0.6) is 5.75 Å². The van der Waals surface area contributed by atoms with Crippen molar-refractivity contribution in [3.8, 4) is 5.75 Å². The van der Waals surface area contributed by atoms with Gasteiger partial charge in [0, 0.05) is 12.1 Å². The summed E-state index contributed by atoms with van der Waals surface area (Å²) in [5.41, 5.74) is 1.05. The van der Waals surface area contributed by atoms with E-state index in [2.05, 4.69) is 30.9 Å². The Bertz CT molecular complexity index is 536. The molecule has 0 saturated carbocycles. The smallest absolute Gasteiger partial charge is 0.120 e. The lowest BCUT2D eigenvalue weighted by atomic mass is 10.0. The molecular weight excluding hydrogens is 234 g/mol. The standard InChI is InChI=1S/C17H23NO/c1-3-5-12-18(4-2)13-16-15-9-7-6-8-14(15)10-11-17(16)19/h6-11,19H,3-5,12-13H2,1-2H3. The molecular formula is C17H23NO. The first-order chi connectivity index (χ1) is 9.26. The number of unbranched alkanes of at least 4 members (excludes halogenated alkanes) is 1. The van der Waals surface area contributed by atoms with Crippen molar-refractivity contribution in [3.63, 3.8) is 0 Å². The second kappa shape index (κ2) is 6.58. The predicted octanol–water partition coefficient (Wildman–Crippen LogP) is 4.17. The highest BCUT2D eigenvalue weighted by Crippen LogP contribution is 2.28. The Morgan fingerprint density at radius 3 is 2.58 bits per heavy atom. The van der Waals surface area contributed by atoms with Crippen molar-refractivity contribution in [2.45, 2.75) is 33.2 Å². The largest absolute Gasteiger partial charge is 0.508 e. The molecule has 0 aliphatic heterocycles. The maximum absolute atomic E-state index is 10.2. The summed E-state index contributed by atoms with van der Waals surface area (Å²) in [7, 11) is 0. The number of phenols is 1. The molecule has 0 aliphatic carbocycles. The molecule has 0 aromatic heterocycles. The summed E-state index contributed by atoms with van der Waals surface area (Å²) in [4.78, 5) is 2.39. The number of benzene rings is 2. The van der Waals surface area contributed by atoms with Crippen molar-refractivity contribution in [2.24, 2.45) is 0 Å². The highest BCUT2D eigenvalue weighted by Gasteiger charge is 2.10. The normalized spacial score (nSPS) is 11.3. The Morgan fingerprint density at radius 2 is 1.84 bits per heavy atom. The Balaban J connectivity index is 2.30. The number of hydrogen-bond donors (Lipinski definition) is 1. The summed E-state index contributed by atoms with van der Waals surface area (Å²) in [5.74, 6) is 0.411. The molecule has 0 fully saturated rings. The molecule has 0 bridgehead atoms. The van der Waals surface area contributed by atoms with E-state index in [0.717, 1.165) is 30.6 Å². The SMILES string of the molecule is CCCCN(CC)Cc1c(O)ccc2ccccc12. The molecule has 2 aromatic rings. The van der Waals surface area contributed by atoms with Crippen LogP contribution in [-0.4, -0.2) is 23.1 Å². The summed E-state index contributed by atoms with van der Waals surface area (Å²) in [6.07, 6.45) is 2.41. The maximum atomic E-state index is 10.2. The van der Waals surface area contributed by atoms with Gasteiger partial charge in [0.2, 0.25) is 0 Å². The van der Waals surface area contributed by atoms with Gasteiger partial charge in [0.1, 0.15) is 5.75 Å². The molecule has 19 heavy (non-hydrogen) atoms. The zero-order valence-electron chi connectivity index (χ0n) is 11.9. The highest BCUT2D eigenvalue weighted by molar-refractivity contribution is 5.87. The molecule has 0 unspecified atom stereocenters. The molecule has 102 valence electrons. The first-order valence-electron chi connectivity index (χ1n) is 7.18. The summed E-state index contributed by atoms with van der Waals surface area (Å²) in [5, 5.41) is 12.5. The van der Waals surface area contributed by atoms with E-state index in [1.807, 2.05) is 24.3 Å². The monoisotopic (exact) mass is 257 g/mol. The van der Waals surface area contributed by atoms with Gasteiger partial charge in [-0.3, -0.25) is 4.90 Å². The fourth-order valence-corrected chi connectivity index (χ4v) is 2.44. The number of aromatic hydroxyl groups is 1. The van der Waals surface area contributed by atoms with Crippen LogP contribution in [0.1, 0.15) is 32.3 Å². The van der Waals surface area contributed by atoms with Crippen LogP contribution in [0.2, 0.25) is 0 Å². The van der Waals surface area contributed by atoms with Crippen LogP contribution >= 0.6 is 0 Å². The number of hydrogen-bond acceptors (Lipinski definition) is 2. The molecule has 0 radical (unpaired) electrons. The van der Waals surface area contributed by atoms with Crippen molar-refractivity contribution in [3.05, 3.63) is 42.0 Å². The van der Waals surface area contributed by atoms with E-state index in [-0.39, 0.29) is 0 Å². The summed E-state index contributed by atoms with van der Waals surface area (Å²) < 4.78 is 0. The third kappa shape index (κ3) is 3.27. The average molecular weight is 257 g/mol. The molecule has 2 aromatic carbocycles. The van der Waals surface area contributed by atoms with Crippen molar-refractivity contribution < 1.29 is 5.11 Å². The second-order valence-corrected chi connectivity index (χ2v) is 5.01. The van der Waals surface area contributed by atoms with Gasteiger partial charge in [-0.25, -0.2) is 0 Å². The van der Waals surface area contributed by atoms with Crippen molar-refractivity contribution in [1.29, 1.82) is 0 Å². The third-order valence-electron chi connectivity index (χ3n) is 3.67. The Kier molecular flexibility index (Phi) is 4.80. The van der Waals surface area contributed by atoms with E-state index in [1.54, 1.807) is 0 Å². The van der Waals surface area contributed by atoms with Crippen LogP contribution in [0.15, 0.2) is 36.4 Å². The van der Waals surface area contributed by atoms with Gasteiger partial charge in [-0.1, -0.05) is 50.6 Å². The van der Waals surface area contributed by atoms with Gasteiger partial charge in [0.25, 0.3) is 0 Å². The third-order valence-corrected chi connectivity index (χ3v) is 3.67. The van der Waals surface area contributed by atoms with Crippen LogP contribution in [0.4, 0.5) is 0 Å². The molecule has 0 aliphatic rings. The summed E-state index contributed by atoms with van der Waals surface area (Å²) >= 11 is 0. The molecule has 2 nitrogen and oxygen atoms in total. The number of rotatable bonds is 6. The Morgan fingerprint density at radius 1 is 1.05 bits per heavy atom. The van der Waals surface area contributed by atoms with E-state index in [0.29, 0.717) is 5.75 Å². The van der Waals surface area contributed by atoms with Gasteiger partial charge in [-0.2, -0.15) is 0 Å². The van der Waals surface area contributed by atoms with Gasteiger partial charge in [0.05, 0.1) is 0 Å². The van der Waals surface area contributed by atoms with Gasteiger partial charge in [-0.15, -0.1) is 0 Å². The minimum atomic E-state index is 0.411. The molecule has 2 rings (SSSR count). The van der Waals surface area contributed by atoms with E-state index in [9.17, 15) is 5.11 Å². The molecule has 2 heteroatoms. The lowest BCUT2D eigenvalue weighted by Gasteiger charge is -2.21. The molecule has 1 N–H and O–H groups in total. The van der Waals surface area contributed by atoms with Gasteiger partial charge in [0.15, 0.2) is 0 Å². The van der Waals surface area contributed by atoms with Crippen molar-refractivity contribution in [2.75, 3.05) is 13.1 Å². The van der Waals surface area contributed by atoms with E-state index < -0.39 is 0 Å². The zero-order chi connectivity index (χ0) is 13.7. The van der Waals surface area contributed by atoms with Gasteiger partial charge in [-0.05, 0) is 36.3 Å². The summed E-state index contributed by atoms with van der Waals surface area (Å²) in [6.45, 7) is 7.32. The Hall–Kier alpha value is -1.54. The van der Waals surface area contributed by atoms with E-state index >= 15 is 0 Å². The lowest BCUT2D eigenvalue weighted by Crippen LogP contribution is -2.24. The number of fused-ring (bicyclic) bond motifs is 1. The van der Waals surface area contributed by atoms with Gasteiger partial charge < -0.3 is 5.11 Å². The van der Waals surface area contributed by atoms with Crippen LogP contribution in [0.3, 0.4) is 0 Å². The second-order valence-electron chi connectivity index (χ2n) is 5.01. The van der Waals surface area contributed by atoms with Crippen molar-refractivity contribution in [1.82, 2.24) is 4.90 Å². The van der Waals surface area contributed by atoms with E-state index in [4.69, 9.17) is 0 Å². The quantitative estimate of drug-likeness (QED) is 0.839. The molecule has 0 spiro atoms. The Labute approximate surface area is 115 Å². The molecule has 0 saturated heterocycles. The maximum Gasteiger partial charge on any atom is 0.120 e. The highest BCUT2D eigenvalue weighted by atomic mass is 16.3.